The Morgan fingerprint density at radius 3 is 1.29 bits per heavy atom. The Hall–Kier alpha value is -1.82. The summed E-state index contributed by atoms with van der Waals surface area (Å²) in [6.07, 6.45) is 0. The Labute approximate surface area is 134 Å². The van der Waals surface area contributed by atoms with Crippen molar-refractivity contribution in [3.8, 4) is 11.5 Å². The van der Waals surface area contributed by atoms with Gasteiger partial charge in [0, 0.05) is 12.1 Å². The van der Waals surface area contributed by atoms with E-state index in [1.807, 2.05) is 0 Å². The molecule has 2 radical (unpaired) electrons. The van der Waals surface area contributed by atoms with Gasteiger partial charge in [-0.3, -0.25) is 9.59 Å². The predicted octanol–water partition coefficient (Wildman–Crippen LogP) is 1.58. The molecule has 4 nitrogen and oxygen atoms in total. The monoisotopic (exact) mass is 396 g/mol. The Balaban J connectivity index is 0.000000322. The van der Waals surface area contributed by atoms with Crippen molar-refractivity contribution in [1.82, 2.24) is 0 Å². The molecule has 0 unspecified atom stereocenters. The van der Waals surface area contributed by atoms with E-state index in [9.17, 15) is 0 Å². The van der Waals surface area contributed by atoms with E-state index in [0.29, 0.717) is 0 Å². The molecule has 0 atom stereocenters. The van der Waals surface area contributed by atoms with E-state index in [1.165, 1.54) is 24.3 Å². The minimum absolute atomic E-state index is 0.0972. The van der Waals surface area contributed by atoms with Gasteiger partial charge in [-0.2, -0.15) is 0 Å². The zero-order chi connectivity index (χ0) is 16.1. The van der Waals surface area contributed by atoms with Gasteiger partial charge >= 0.3 is 41.9 Å². The molecule has 2 aromatic carbocycles. The summed E-state index contributed by atoms with van der Waals surface area (Å²) in [6, 6.07) is 15.7. The quantitative estimate of drug-likeness (QED) is 0.525. The van der Waals surface area contributed by atoms with Gasteiger partial charge in [-0.25, -0.2) is 0 Å². The van der Waals surface area contributed by atoms with E-state index in [2.05, 4.69) is 9.88 Å². The topological polar surface area (TPSA) is 83.3 Å². The number of hydrogen-bond donors (Lipinski definition) is 2. The van der Waals surface area contributed by atoms with Crippen LogP contribution in [-0.4, -0.2) is 40.9 Å². The molecule has 0 spiro atoms. The standard InChI is InChI=1S/2C7H6O2.2CH3.Sn/c2*8-6-4-2-1-3-5-7(6)9;;;/h2*1-5H,(H,8,9);2*1H3;/p+2. The third-order valence-corrected chi connectivity index (χ3v) is 1.99. The molecule has 0 aliphatic heterocycles. The van der Waals surface area contributed by atoms with Crippen molar-refractivity contribution in [1.29, 1.82) is 0 Å². The molecule has 0 aliphatic rings. The molecule has 5 heteroatoms. The van der Waals surface area contributed by atoms with Crippen molar-refractivity contribution < 1.29 is 19.8 Å². The average molecular weight is 395 g/mol. The molecule has 0 saturated carbocycles. The first kappa shape index (κ1) is 19.2. The summed E-state index contributed by atoms with van der Waals surface area (Å²) in [7, 11) is 0. The fraction of sp³-hybridized carbons (Fsp3) is 0.125. The third-order valence-electron chi connectivity index (χ3n) is 1.99. The normalized spacial score (nSPS) is 8.48. The van der Waals surface area contributed by atoms with Crippen LogP contribution in [0.25, 0.3) is 0 Å². The molecule has 0 aromatic heterocycles. The van der Waals surface area contributed by atoms with E-state index < -0.39 is 0 Å². The molecule has 21 heavy (non-hydrogen) atoms. The second-order valence-electron chi connectivity index (χ2n) is 3.86. The minimum atomic E-state index is -0.0972. The van der Waals surface area contributed by atoms with Gasteiger partial charge in [0.05, 0.1) is 0 Å². The zero-order valence-corrected chi connectivity index (χ0v) is 14.9. The third kappa shape index (κ3) is 9.67. The van der Waals surface area contributed by atoms with Crippen LogP contribution in [0.4, 0.5) is 0 Å². The van der Waals surface area contributed by atoms with E-state index in [4.69, 9.17) is 19.8 Å². The molecule has 0 heterocycles. The molecule has 0 bridgehead atoms. The van der Waals surface area contributed by atoms with Crippen molar-refractivity contribution >= 4 is 21.1 Å². The van der Waals surface area contributed by atoms with E-state index >= 15 is 0 Å². The summed E-state index contributed by atoms with van der Waals surface area (Å²) >= 11 is 0.230. The molecule has 0 amide bonds. The Bertz CT molecular complexity index is 587. The molecular weight excluding hydrogens is 375 g/mol. The Kier molecular flexibility index (Phi) is 10.9. The van der Waals surface area contributed by atoms with Crippen LogP contribution >= 0.6 is 0 Å². The molecule has 2 rings (SSSR count). The van der Waals surface area contributed by atoms with Crippen LogP contribution in [0.15, 0.2) is 60.7 Å². The maximum atomic E-state index is 8.83. The molecule has 110 valence electrons. The van der Waals surface area contributed by atoms with E-state index in [-0.39, 0.29) is 43.5 Å². The van der Waals surface area contributed by atoms with Crippen LogP contribution in [0, 0.1) is 0 Å². The second kappa shape index (κ2) is 12.0. The van der Waals surface area contributed by atoms with Gasteiger partial charge in [-0.05, 0) is 12.1 Å². The van der Waals surface area contributed by atoms with Gasteiger partial charge in [0.25, 0.3) is 0 Å². The van der Waals surface area contributed by atoms with Gasteiger partial charge in [0.1, 0.15) is 0 Å². The van der Waals surface area contributed by atoms with Crippen molar-refractivity contribution in [2.24, 2.45) is 0 Å². The summed E-state index contributed by atoms with van der Waals surface area (Å²) in [6.45, 7) is 0. The number of hydrogen-bond acceptors (Lipinski definition) is 2. The van der Waals surface area contributed by atoms with Crippen molar-refractivity contribution in [3.63, 3.8) is 0 Å². The molecule has 0 aliphatic carbocycles. The molecule has 2 aromatic rings. The SMILES string of the molecule is Oc1cccccc1=[OH+].Oc1cccccc1=[OH+].[CH3][Sn][CH3]. The fourth-order valence-electron chi connectivity index (χ4n) is 1.06. The van der Waals surface area contributed by atoms with Gasteiger partial charge in [-0.1, -0.05) is 36.4 Å². The molecular formula is C16H20O4Sn+2. The zero-order valence-electron chi connectivity index (χ0n) is 12.1. The van der Waals surface area contributed by atoms with Crippen LogP contribution in [0.3, 0.4) is 0 Å². The summed E-state index contributed by atoms with van der Waals surface area (Å²) in [5.41, 5.74) is -0.194. The molecule has 0 fully saturated rings. The van der Waals surface area contributed by atoms with Crippen LogP contribution in [0.1, 0.15) is 0 Å². The Morgan fingerprint density at radius 1 is 0.667 bits per heavy atom. The average Bonchev–Trinajstić information content (AvgIpc) is 2.75. The summed E-state index contributed by atoms with van der Waals surface area (Å²) in [5, 5.41) is 17.7. The van der Waals surface area contributed by atoms with E-state index in [1.54, 1.807) is 36.4 Å². The van der Waals surface area contributed by atoms with Crippen molar-refractivity contribution in [2.45, 2.75) is 9.88 Å². The van der Waals surface area contributed by atoms with Gasteiger partial charge in [0.2, 0.25) is 11.5 Å². The number of rotatable bonds is 0. The predicted molar refractivity (Wildman–Crippen MR) is 83.8 cm³/mol. The van der Waals surface area contributed by atoms with Crippen molar-refractivity contribution in [3.05, 3.63) is 71.5 Å². The summed E-state index contributed by atoms with van der Waals surface area (Å²) in [5.74, 6) is -0.194. The first-order valence-electron chi connectivity index (χ1n) is 6.22. The van der Waals surface area contributed by atoms with Crippen LogP contribution in [0.5, 0.6) is 11.5 Å². The molecule has 4 N–H and O–H groups in total. The summed E-state index contributed by atoms with van der Waals surface area (Å²) in [4.78, 5) is 22.2. The molecule has 0 saturated heterocycles. The van der Waals surface area contributed by atoms with Crippen LogP contribution in [0.2, 0.25) is 9.88 Å². The summed E-state index contributed by atoms with van der Waals surface area (Å²) < 4.78 is 0. The van der Waals surface area contributed by atoms with Crippen molar-refractivity contribution in [2.75, 3.05) is 0 Å². The van der Waals surface area contributed by atoms with Gasteiger partial charge < -0.3 is 10.2 Å². The van der Waals surface area contributed by atoms with Crippen LogP contribution < -0.4 is 10.9 Å². The first-order valence-corrected chi connectivity index (χ1v) is 11.9. The fourth-order valence-corrected chi connectivity index (χ4v) is 1.06. The first-order chi connectivity index (χ1) is 10.0. The Morgan fingerprint density at radius 2 is 0.952 bits per heavy atom. The van der Waals surface area contributed by atoms with E-state index in [0.717, 1.165) is 0 Å². The van der Waals surface area contributed by atoms with Gasteiger partial charge in [-0.15, -0.1) is 0 Å². The van der Waals surface area contributed by atoms with Crippen LogP contribution in [-0.2, 0) is 0 Å². The van der Waals surface area contributed by atoms with Gasteiger partial charge in [0.15, 0.2) is 0 Å². The number of aromatic hydroxyl groups is 2. The maximum absolute atomic E-state index is 8.83. The second-order valence-corrected chi connectivity index (χ2v) is 6.72.